The molecule has 0 aromatic heterocycles. The molecule has 122 valence electrons. The van der Waals surface area contributed by atoms with E-state index in [0.29, 0.717) is 6.42 Å². The Bertz CT molecular complexity index is 347. The van der Waals surface area contributed by atoms with Gasteiger partial charge in [-0.15, -0.1) is 0 Å². The highest BCUT2D eigenvalue weighted by atomic mass is 16.4. The molecule has 0 bridgehead atoms. The lowest BCUT2D eigenvalue weighted by atomic mass is 9.89. The summed E-state index contributed by atoms with van der Waals surface area (Å²) in [6, 6.07) is 0.201. The fourth-order valence-corrected chi connectivity index (χ4v) is 4.34. The predicted molar refractivity (Wildman–Crippen MR) is 85.4 cm³/mol. The molecule has 2 N–H and O–H groups in total. The Hall–Kier alpha value is -0.610. The van der Waals surface area contributed by atoms with Crippen LogP contribution in [-0.4, -0.2) is 47.2 Å². The van der Waals surface area contributed by atoms with E-state index in [0.717, 1.165) is 31.2 Å². The molecule has 2 fully saturated rings. The van der Waals surface area contributed by atoms with Gasteiger partial charge in [-0.3, -0.25) is 10.1 Å². The Morgan fingerprint density at radius 2 is 1.95 bits per heavy atom. The normalized spacial score (nSPS) is 28.8. The maximum Gasteiger partial charge on any atom is 0.323 e. The Morgan fingerprint density at radius 1 is 1.33 bits per heavy atom. The maximum atomic E-state index is 11.7. The van der Waals surface area contributed by atoms with Crippen LogP contribution in [0, 0.1) is 11.8 Å². The minimum Gasteiger partial charge on any atom is -0.480 e. The third-order valence-electron chi connectivity index (χ3n) is 5.46. The molecule has 2 rings (SSSR count). The van der Waals surface area contributed by atoms with Crippen molar-refractivity contribution < 1.29 is 9.90 Å². The first-order chi connectivity index (χ1) is 9.97. The van der Waals surface area contributed by atoms with Gasteiger partial charge in [-0.1, -0.05) is 13.3 Å². The minimum atomic E-state index is -0.746. The smallest absolute Gasteiger partial charge is 0.323 e. The third kappa shape index (κ3) is 3.98. The van der Waals surface area contributed by atoms with Crippen LogP contribution >= 0.6 is 0 Å². The molecule has 2 aliphatic rings. The number of rotatable bonds is 8. The van der Waals surface area contributed by atoms with Crippen molar-refractivity contribution in [2.45, 2.75) is 70.9 Å². The van der Waals surface area contributed by atoms with E-state index in [4.69, 9.17) is 0 Å². The van der Waals surface area contributed by atoms with Gasteiger partial charge in [-0.2, -0.15) is 0 Å². The van der Waals surface area contributed by atoms with Crippen molar-refractivity contribution in [2.75, 3.05) is 19.6 Å². The lowest BCUT2D eigenvalue weighted by Crippen LogP contribution is -2.54. The zero-order chi connectivity index (χ0) is 15.5. The largest absolute Gasteiger partial charge is 0.480 e. The molecule has 0 radical (unpaired) electrons. The maximum absolute atomic E-state index is 11.7. The molecule has 1 aliphatic carbocycles. The van der Waals surface area contributed by atoms with Crippen molar-refractivity contribution >= 4 is 5.97 Å². The second kappa shape index (κ2) is 7.10. The summed E-state index contributed by atoms with van der Waals surface area (Å²) in [7, 11) is 0. The third-order valence-corrected chi connectivity index (χ3v) is 5.46. The van der Waals surface area contributed by atoms with Crippen molar-refractivity contribution in [1.82, 2.24) is 10.2 Å². The van der Waals surface area contributed by atoms with E-state index in [1.807, 2.05) is 20.8 Å². The summed E-state index contributed by atoms with van der Waals surface area (Å²) in [5.74, 6) is 1.15. The van der Waals surface area contributed by atoms with Crippen LogP contribution in [-0.2, 0) is 4.79 Å². The van der Waals surface area contributed by atoms with Crippen molar-refractivity contribution in [3.63, 3.8) is 0 Å². The van der Waals surface area contributed by atoms with Crippen molar-refractivity contribution in [3.8, 4) is 0 Å². The van der Waals surface area contributed by atoms with Gasteiger partial charge in [0, 0.05) is 19.1 Å². The van der Waals surface area contributed by atoms with Crippen LogP contribution in [0.2, 0.25) is 0 Å². The fourth-order valence-electron chi connectivity index (χ4n) is 4.34. The monoisotopic (exact) mass is 296 g/mol. The Labute approximate surface area is 129 Å². The van der Waals surface area contributed by atoms with Crippen LogP contribution in [0.15, 0.2) is 0 Å². The summed E-state index contributed by atoms with van der Waals surface area (Å²) >= 11 is 0. The van der Waals surface area contributed by atoms with Gasteiger partial charge in [0.2, 0.25) is 0 Å². The molecule has 0 amide bonds. The molecule has 1 saturated heterocycles. The van der Waals surface area contributed by atoms with Crippen LogP contribution < -0.4 is 5.32 Å². The highest BCUT2D eigenvalue weighted by Gasteiger charge is 2.38. The number of hydrogen-bond acceptors (Lipinski definition) is 3. The topological polar surface area (TPSA) is 52.6 Å². The predicted octanol–water partition coefficient (Wildman–Crippen LogP) is 2.73. The molecule has 4 nitrogen and oxygen atoms in total. The molecule has 3 atom stereocenters. The highest BCUT2D eigenvalue weighted by molar-refractivity contribution is 5.78. The zero-order valence-corrected chi connectivity index (χ0v) is 13.9. The number of carboxylic acid groups (broad SMARTS) is 1. The SMILES string of the molecule is CCC(CCCN1CC2CCCC2C1)(NC(C)C)C(=O)O. The van der Waals surface area contributed by atoms with Crippen LogP contribution in [0.4, 0.5) is 0 Å². The second-order valence-corrected chi connectivity index (χ2v) is 7.35. The Balaban J connectivity index is 1.80. The number of carboxylic acids is 1. The van der Waals surface area contributed by atoms with Crippen LogP contribution in [0.3, 0.4) is 0 Å². The van der Waals surface area contributed by atoms with Gasteiger partial charge in [0.25, 0.3) is 0 Å². The number of nitrogens with zero attached hydrogens (tertiary/aromatic N) is 1. The summed E-state index contributed by atoms with van der Waals surface area (Å²) < 4.78 is 0. The second-order valence-electron chi connectivity index (χ2n) is 7.35. The fraction of sp³-hybridized carbons (Fsp3) is 0.941. The minimum absolute atomic E-state index is 0.201. The molecule has 0 aromatic rings. The molecule has 1 saturated carbocycles. The summed E-state index contributed by atoms with van der Waals surface area (Å²) in [6.45, 7) is 9.57. The van der Waals surface area contributed by atoms with Gasteiger partial charge in [-0.05, 0) is 64.3 Å². The average molecular weight is 296 g/mol. The first kappa shape index (κ1) is 16.8. The first-order valence-corrected chi connectivity index (χ1v) is 8.70. The van der Waals surface area contributed by atoms with E-state index in [2.05, 4.69) is 10.2 Å². The lowest BCUT2D eigenvalue weighted by molar-refractivity contribution is -0.145. The number of likely N-dealkylation sites (tertiary alicyclic amines) is 1. The van der Waals surface area contributed by atoms with E-state index in [1.165, 1.54) is 32.4 Å². The van der Waals surface area contributed by atoms with E-state index in [9.17, 15) is 9.90 Å². The standard InChI is InChI=1S/C17H32N2O2/c1-4-17(16(20)21,18-13(2)3)9-6-10-19-11-14-7-5-8-15(14)12-19/h13-15,18H,4-12H2,1-3H3,(H,20,21). The van der Waals surface area contributed by atoms with Crippen LogP contribution in [0.5, 0.6) is 0 Å². The number of nitrogens with one attached hydrogen (secondary N) is 1. The molecule has 21 heavy (non-hydrogen) atoms. The lowest BCUT2D eigenvalue weighted by Gasteiger charge is -2.32. The Kier molecular flexibility index (Phi) is 5.67. The quantitative estimate of drug-likeness (QED) is 0.723. The molecule has 0 spiro atoms. The molecular formula is C17H32N2O2. The highest BCUT2D eigenvalue weighted by Crippen LogP contribution is 2.37. The van der Waals surface area contributed by atoms with Gasteiger partial charge in [-0.25, -0.2) is 0 Å². The first-order valence-electron chi connectivity index (χ1n) is 8.70. The van der Waals surface area contributed by atoms with E-state index >= 15 is 0 Å². The number of aliphatic carboxylic acids is 1. The van der Waals surface area contributed by atoms with E-state index in [-0.39, 0.29) is 6.04 Å². The van der Waals surface area contributed by atoms with Gasteiger partial charge >= 0.3 is 5.97 Å². The molecular weight excluding hydrogens is 264 g/mol. The number of hydrogen-bond donors (Lipinski definition) is 2. The molecule has 4 heteroatoms. The van der Waals surface area contributed by atoms with Gasteiger partial charge < -0.3 is 10.0 Å². The van der Waals surface area contributed by atoms with E-state index in [1.54, 1.807) is 0 Å². The van der Waals surface area contributed by atoms with Crippen molar-refractivity contribution in [3.05, 3.63) is 0 Å². The summed E-state index contributed by atoms with van der Waals surface area (Å²) in [6.07, 6.45) is 6.57. The number of fused-ring (bicyclic) bond motifs is 1. The van der Waals surface area contributed by atoms with Crippen molar-refractivity contribution in [2.24, 2.45) is 11.8 Å². The van der Waals surface area contributed by atoms with Crippen LogP contribution in [0.1, 0.15) is 59.3 Å². The zero-order valence-electron chi connectivity index (χ0n) is 13.9. The number of carbonyl (C=O) groups is 1. The van der Waals surface area contributed by atoms with Gasteiger partial charge in [0.05, 0.1) is 0 Å². The van der Waals surface area contributed by atoms with Gasteiger partial charge in [0.15, 0.2) is 0 Å². The molecule has 3 unspecified atom stereocenters. The summed E-state index contributed by atoms with van der Waals surface area (Å²) in [4.78, 5) is 14.3. The van der Waals surface area contributed by atoms with Crippen molar-refractivity contribution in [1.29, 1.82) is 0 Å². The molecule has 0 aromatic carbocycles. The average Bonchev–Trinajstić information content (AvgIpc) is 2.97. The van der Waals surface area contributed by atoms with E-state index < -0.39 is 11.5 Å². The van der Waals surface area contributed by atoms with Crippen LogP contribution in [0.25, 0.3) is 0 Å². The Morgan fingerprint density at radius 3 is 2.43 bits per heavy atom. The van der Waals surface area contributed by atoms with Gasteiger partial charge in [0.1, 0.15) is 5.54 Å². The molecule has 1 aliphatic heterocycles. The molecule has 1 heterocycles. The summed E-state index contributed by atoms with van der Waals surface area (Å²) in [5.41, 5.74) is -0.746. The summed E-state index contributed by atoms with van der Waals surface area (Å²) in [5, 5.41) is 12.9.